The van der Waals surface area contributed by atoms with Crippen molar-refractivity contribution in [2.45, 2.75) is 25.4 Å². The maximum Gasteiger partial charge on any atom is 0.260 e. The van der Waals surface area contributed by atoms with E-state index in [4.69, 9.17) is 0 Å². The van der Waals surface area contributed by atoms with Crippen LogP contribution in [0, 0.1) is 18.3 Å². The van der Waals surface area contributed by atoms with Gasteiger partial charge in [0.05, 0.1) is 23.4 Å². The van der Waals surface area contributed by atoms with Gasteiger partial charge in [0.1, 0.15) is 6.17 Å². The Balaban J connectivity index is 1.38. The topological polar surface area (TPSA) is 47.3 Å². The molecule has 4 heteroatoms. The first-order chi connectivity index (χ1) is 21.1. The zero-order valence-corrected chi connectivity index (χ0v) is 24.1. The van der Waals surface area contributed by atoms with Gasteiger partial charge in [-0.15, -0.1) is 0 Å². The lowest BCUT2D eigenvalue weighted by atomic mass is 9.74. The van der Waals surface area contributed by atoms with Gasteiger partial charge in [0.2, 0.25) is 0 Å². The Kier molecular flexibility index (Phi) is 5.64. The van der Waals surface area contributed by atoms with E-state index in [1.165, 1.54) is 0 Å². The number of carbonyl (C=O) groups excluding carboxylic acids is 1. The van der Waals surface area contributed by atoms with E-state index in [-0.39, 0.29) is 18.0 Å². The Morgan fingerprint density at radius 1 is 0.744 bits per heavy atom. The highest BCUT2D eigenvalue weighted by molar-refractivity contribution is 6.21. The molecule has 2 atom stereocenters. The van der Waals surface area contributed by atoms with Gasteiger partial charge in [-0.3, -0.25) is 9.69 Å². The summed E-state index contributed by atoms with van der Waals surface area (Å²) in [6, 6.07) is 40.1. The fourth-order valence-electron chi connectivity index (χ4n) is 7.29. The molecule has 3 aliphatic rings. The Morgan fingerprint density at radius 3 is 2.14 bits per heavy atom. The van der Waals surface area contributed by atoms with Gasteiger partial charge in [0, 0.05) is 18.2 Å². The number of nitriles is 1. The van der Waals surface area contributed by atoms with Crippen molar-refractivity contribution in [3.63, 3.8) is 0 Å². The average molecular weight is 556 g/mol. The molecule has 1 amide bonds. The molecule has 0 saturated carbocycles. The Hall–Kier alpha value is -5.40. The molecule has 43 heavy (non-hydrogen) atoms. The number of hydrogen-bond donors (Lipinski definition) is 0. The molecule has 0 N–H and O–H groups in total. The summed E-state index contributed by atoms with van der Waals surface area (Å²) in [5, 5.41) is 10.3. The maximum absolute atomic E-state index is 14.7. The monoisotopic (exact) mass is 555 g/mol. The molecule has 2 aliphatic heterocycles. The molecule has 0 saturated heterocycles. The third kappa shape index (κ3) is 3.65. The number of hydrogen-bond acceptors (Lipinski definition) is 3. The van der Waals surface area contributed by atoms with Gasteiger partial charge in [0.15, 0.2) is 0 Å². The molecular weight excluding hydrogens is 526 g/mol. The minimum Gasteiger partial charge on any atom is -0.348 e. The van der Waals surface area contributed by atoms with E-state index in [1.807, 2.05) is 47.4 Å². The van der Waals surface area contributed by atoms with Crippen LogP contribution in [-0.2, 0) is 0 Å². The normalized spacial score (nSPS) is 18.0. The summed E-state index contributed by atoms with van der Waals surface area (Å²) in [6.45, 7) is 2.10. The molecule has 0 radical (unpaired) electrons. The third-order valence-electron chi connectivity index (χ3n) is 9.29. The molecule has 0 spiro atoms. The molecule has 1 aliphatic carbocycles. The Bertz CT molecular complexity index is 2020. The molecule has 2 heterocycles. The summed E-state index contributed by atoms with van der Waals surface area (Å²) in [6.07, 6.45) is 2.52. The van der Waals surface area contributed by atoms with Crippen LogP contribution in [-0.4, -0.2) is 19.1 Å². The first kappa shape index (κ1) is 25.3. The summed E-state index contributed by atoms with van der Waals surface area (Å²) < 4.78 is 0. The standard InChI is InChI=1S/C39H29N3O/c1-24-11-9-10-16-29(24)30-19-20-32-36-31(18-17-27(23-40)35(30)36)38-41(2)34-22-28(25-12-5-3-6-13-25)21-33(26-14-7-4-8-15-26)37(34)42(38)39(32)43/h3-16,18-22,27,38H,17H2,1-2H3. The van der Waals surface area contributed by atoms with E-state index in [0.29, 0.717) is 12.0 Å². The predicted molar refractivity (Wildman–Crippen MR) is 174 cm³/mol. The van der Waals surface area contributed by atoms with Crippen molar-refractivity contribution in [2.24, 2.45) is 0 Å². The minimum absolute atomic E-state index is 0.0245. The number of anilines is 2. The van der Waals surface area contributed by atoms with E-state index in [0.717, 1.165) is 67.0 Å². The average Bonchev–Trinajstić information content (AvgIpc) is 3.36. The fraction of sp³-hybridized carbons (Fsp3) is 0.128. The molecule has 2 unspecified atom stereocenters. The van der Waals surface area contributed by atoms with Crippen LogP contribution in [0.2, 0.25) is 0 Å². The predicted octanol–water partition coefficient (Wildman–Crippen LogP) is 8.83. The van der Waals surface area contributed by atoms with Crippen molar-refractivity contribution in [1.82, 2.24) is 0 Å². The SMILES string of the molecule is Cc1ccccc1-c1ccc2c3c1C(C#N)CC=C3C1N(C)c3cc(-c4ccccc4)cc(-c4ccccc4)c3N1C2=O. The Labute approximate surface area is 251 Å². The first-order valence-corrected chi connectivity index (χ1v) is 14.7. The number of benzene rings is 5. The van der Waals surface area contributed by atoms with Gasteiger partial charge in [-0.05, 0) is 81.6 Å². The van der Waals surface area contributed by atoms with Crippen LogP contribution in [0.5, 0.6) is 0 Å². The van der Waals surface area contributed by atoms with Gasteiger partial charge in [-0.2, -0.15) is 5.26 Å². The Morgan fingerprint density at radius 2 is 1.42 bits per heavy atom. The second-order valence-corrected chi connectivity index (χ2v) is 11.6. The van der Waals surface area contributed by atoms with E-state index >= 15 is 0 Å². The molecular formula is C39H29N3O. The van der Waals surface area contributed by atoms with Crippen LogP contribution < -0.4 is 9.80 Å². The van der Waals surface area contributed by atoms with Crippen molar-refractivity contribution < 1.29 is 4.79 Å². The molecule has 0 bridgehead atoms. The van der Waals surface area contributed by atoms with Gasteiger partial charge >= 0.3 is 0 Å². The second-order valence-electron chi connectivity index (χ2n) is 11.6. The number of fused-ring (bicyclic) bond motifs is 4. The summed E-state index contributed by atoms with van der Waals surface area (Å²) in [4.78, 5) is 18.9. The maximum atomic E-state index is 14.7. The molecule has 206 valence electrons. The zero-order valence-electron chi connectivity index (χ0n) is 24.1. The van der Waals surface area contributed by atoms with E-state index < -0.39 is 0 Å². The second kappa shape index (κ2) is 9.58. The number of amides is 1. The minimum atomic E-state index is -0.314. The van der Waals surface area contributed by atoms with Crippen LogP contribution in [0.25, 0.3) is 39.0 Å². The number of allylic oxidation sites excluding steroid dienone is 1. The lowest BCUT2D eigenvalue weighted by Crippen LogP contribution is -2.50. The number of nitrogens with zero attached hydrogens (tertiary/aromatic N) is 3. The number of aryl methyl sites for hydroxylation is 1. The van der Waals surface area contributed by atoms with E-state index in [2.05, 4.69) is 97.7 Å². The van der Waals surface area contributed by atoms with Crippen molar-refractivity contribution in [3.05, 3.63) is 138 Å². The van der Waals surface area contributed by atoms with Crippen molar-refractivity contribution >= 4 is 22.9 Å². The lowest BCUT2D eigenvalue weighted by molar-refractivity contribution is 0.0980. The molecule has 0 fully saturated rings. The molecule has 4 nitrogen and oxygen atoms in total. The van der Waals surface area contributed by atoms with Crippen LogP contribution in [0.3, 0.4) is 0 Å². The van der Waals surface area contributed by atoms with Crippen LogP contribution in [0.1, 0.15) is 39.4 Å². The number of carbonyl (C=O) groups is 1. The highest BCUT2D eigenvalue weighted by Gasteiger charge is 2.49. The van der Waals surface area contributed by atoms with Crippen molar-refractivity contribution in [2.75, 3.05) is 16.8 Å². The molecule has 0 aromatic heterocycles. The quantitative estimate of drug-likeness (QED) is 0.223. The highest BCUT2D eigenvalue weighted by atomic mass is 16.2. The number of rotatable bonds is 3. The van der Waals surface area contributed by atoms with Gasteiger partial charge < -0.3 is 4.90 Å². The highest BCUT2D eigenvalue weighted by Crippen LogP contribution is 2.55. The fourth-order valence-corrected chi connectivity index (χ4v) is 7.29. The lowest BCUT2D eigenvalue weighted by Gasteiger charge is -2.40. The van der Waals surface area contributed by atoms with Crippen LogP contribution in [0.4, 0.5) is 11.4 Å². The van der Waals surface area contributed by atoms with Crippen LogP contribution in [0.15, 0.2) is 115 Å². The van der Waals surface area contributed by atoms with Gasteiger partial charge in [-0.1, -0.05) is 97.1 Å². The van der Waals surface area contributed by atoms with E-state index in [9.17, 15) is 10.1 Å². The zero-order chi connectivity index (χ0) is 29.2. The van der Waals surface area contributed by atoms with Crippen molar-refractivity contribution in [3.8, 4) is 39.4 Å². The summed E-state index contributed by atoms with van der Waals surface area (Å²) in [5.74, 6) is -0.338. The van der Waals surface area contributed by atoms with Gasteiger partial charge in [0.25, 0.3) is 5.91 Å². The summed E-state index contributed by atoms with van der Waals surface area (Å²) in [5.41, 5.74) is 13.3. The van der Waals surface area contributed by atoms with Crippen LogP contribution >= 0.6 is 0 Å². The molecule has 5 aromatic carbocycles. The summed E-state index contributed by atoms with van der Waals surface area (Å²) >= 11 is 0. The largest absolute Gasteiger partial charge is 0.348 e. The number of likely N-dealkylation sites (N-methyl/N-ethyl adjacent to an activating group) is 1. The van der Waals surface area contributed by atoms with Gasteiger partial charge in [-0.25, -0.2) is 0 Å². The summed E-state index contributed by atoms with van der Waals surface area (Å²) in [7, 11) is 2.09. The molecule has 8 rings (SSSR count). The van der Waals surface area contributed by atoms with E-state index in [1.54, 1.807) is 0 Å². The van der Waals surface area contributed by atoms with Crippen molar-refractivity contribution in [1.29, 1.82) is 5.26 Å². The first-order valence-electron chi connectivity index (χ1n) is 14.7. The smallest absolute Gasteiger partial charge is 0.260 e. The molecule has 5 aromatic rings. The third-order valence-corrected chi connectivity index (χ3v) is 9.29.